The number of ether oxygens (including phenoxy) is 5. The van der Waals surface area contributed by atoms with Gasteiger partial charge in [-0.25, -0.2) is 19.2 Å². The Morgan fingerprint density at radius 1 is 0.424 bits per heavy atom. The van der Waals surface area contributed by atoms with E-state index in [1.54, 1.807) is 0 Å². The predicted molar refractivity (Wildman–Crippen MR) is 466 cm³/mol. The average molecular weight is 1800 g/mol. The van der Waals surface area contributed by atoms with Gasteiger partial charge in [-0.2, -0.15) is 17.6 Å². The van der Waals surface area contributed by atoms with Crippen molar-refractivity contribution in [1.82, 2.24) is 0 Å². The van der Waals surface area contributed by atoms with Crippen molar-refractivity contribution in [2.75, 3.05) is 13.2 Å². The molecule has 0 heterocycles. The summed E-state index contributed by atoms with van der Waals surface area (Å²) < 4.78 is 86.2. The second-order valence-corrected chi connectivity index (χ2v) is 43.3. The minimum atomic E-state index is -3.58. The molecule has 16 aliphatic rings. The lowest BCUT2D eigenvalue weighted by atomic mass is 8.38. The van der Waals surface area contributed by atoms with E-state index >= 15 is 0 Å². The molecule has 0 amide bonds. The molecule has 4 aromatic rings. The Kier molecular flexibility index (Phi) is 32.1. The van der Waals surface area contributed by atoms with Crippen LogP contribution in [0.5, 0.6) is 0 Å². The van der Waals surface area contributed by atoms with Gasteiger partial charge in [0.2, 0.25) is 0 Å². The van der Waals surface area contributed by atoms with Gasteiger partial charge in [0.15, 0.2) is 14.3 Å². The topological polar surface area (TPSA) is 195 Å². The number of esters is 3. The lowest BCUT2D eigenvalue weighted by Gasteiger charge is -2.64. The Balaban J connectivity index is 0.000000148. The number of rotatable bonds is 26. The minimum absolute atomic E-state index is 0.0201. The van der Waals surface area contributed by atoms with Crippen molar-refractivity contribution in [1.29, 1.82) is 0 Å². The number of halogens is 6. The van der Waals surface area contributed by atoms with E-state index in [4.69, 9.17) is 114 Å². The van der Waals surface area contributed by atoms with Gasteiger partial charge in [0.25, 0.3) is 0 Å². The quantitative estimate of drug-likeness (QED) is 0.0220. The van der Waals surface area contributed by atoms with Gasteiger partial charge in [-0.1, -0.05) is 86.6 Å². The van der Waals surface area contributed by atoms with Crippen LogP contribution >= 0.6 is 0 Å². The smallest absolute Gasteiger partial charge is 0.377 e. The molecular formula is C78H98B21F4I2O13+2. The van der Waals surface area contributed by atoms with Crippen molar-refractivity contribution >= 4 is 174 Å². The van der Waals surface area contributed by atoms with Gasteiger partial charge in [-0.15, -0.1) is 0 Å². The fraction of sp³-hybridized carbons (Fsp3) is 0.641. The molecule has 8 atom stereocenters. The summed E-state index contributed by atoms with van der Waals surface area (Å²) >= 11 is 0.0574. The fourth-order valence-corrected chi connectivity index (χ4v) is 29.0. The first-order valence-corrected chi connectivity index (χ1v) is 46.5. The Morgan fingerprint density at radius 2 is 0.729 bits per heavy atom. The van der Waals surface area contributed by atoms with E-state index in [1.807, 2.05) is 6.92 Å². The van der Waals surface area contributed by atoms with E-state index in [0.717, 1.165) is 116 Å². The maximum Gasteiger partial charge on any atom is 0.377 e. The number of aliphatic hydroxyl groups is 3. The highest BCUT2D eigenvalue weighted by atomic mass is 127. The molecule has 118 heavy (non-hydrogen) atoms. The third-order valence-electron chi connectivity index (χ3n) is 28.0. The van der Waals surface area contributed by atoms with E-state index in [1.165, 1.54) is 27.8 Å². The van der Waals surface area contributed by atoms with Crippen molar-refractivity contribution in [3.63, 3.8) is 0 Å². The lowest BCUT2D eigenvalue weighted by Crippen LogP contribution is -3.61. The Labute approximate surface area is 737 Å². The summed E-state index contributed by atoms with van der Waals surface area (Å²) in [5.41, 5.74) is -4.46. The monoisotopic (exact) mass is 1800 g/mol. The standard InChI is InChI=1S/C27H38F2O6.C24H36O5.2C12H10I.C3H4F2O2.B21/c1-3-27(35-22(31)23(2,28)29)19-5-16-6-20(27)13-25(9-16,12-19)33-14-21(30)34-26-10-17-4-18(11-26)8-24(32,7-17)15-26;1-2-24(27)18-4-15-5-19(24)12-22(8-15,11-18)28-13-20(25)29-23-9-16-3-17(10-23)7-21(26,6-16)14-23;2*1-3-7-11(8-4-1)13-12-9-5-2-6-10-12;1-3(4,5)2(6)7;1-12-18(13(2)3)21(19(14(4)5)15(6)7)20(16(8)9)17(10)11/h16-20,32H,3-15H2,1-2H3;15-19,26-27H,2-14H2,1H3;2*1-10H;1H3,(H,6,7);/q;;2*+1;;. The van der Waals surface area contributed by atoms with Crippen LogP contribution in [-0.4, -0.2) is 264 Å². The normalized spacial score (nSPS) is 33.0. The average Bonchev–Trinajstić information content (AvgIpc) is 0.722. The first-order chi connectivity index (χ1) is 55.5. The minimum Gasteiger partial charge on any atom is -0.477 e. The fourth-order valence-electron chi connectivity index (χ4n) is 24.5. The predicted octanol–water partition coefficient (Wildman–Crippen LogP) is 0.265. The zero-order chi connectivity index (χ0) is 85.8. The number of carboxylic acid groups (broad SMARTS) is 1. The lowest BCUT2D eigenvalue weighted by molar-refractivity contribution is -0.597. The highest BCUT2D eigenvalue weighted by Crippen LogP contribution is 2.66. The van der Waals surface area contributed by atoms with E-state index in [-0.39, 0.29) is 85.0 Å². The van der Waals surface area contributed by atoms with Crippen LogP contribution in [0.2, 0.25) is 0 Å². The number of alkyl halides is 4. The van der Waals surface area contributed by atoms with E-state index in [0.29, 0.717) is 93.3 Å². The Morgan fingerprint density at radius 3 is 0.992 bits per heavy atom. The highest BCUT2D eigenvalue weighted by Gasteiger charge is 2.67. The van der Waals surface area contributed by atoms with Gasteiger partial charge >= 0.3 is 78.1 Å². The van der Waals surface area contributed by atoms with Crippen LogP contribution in [0.15, 0.2) is 121 Å². The summed E-state index contributed by atoms with van der Waals surface area (Å²) in [6.07, 6.45) is 13.7. The SMILES string of the molecule is CC(F)(F)C(=O)O.CCC1(O)C2CC3CC1CC(OCC(=O)OC14CC5CC(CC(O)(C5)C1)C4)(C3)C2.CCC1(OC(=O)C(C)(F)F)C2CC3CC1CC(OCC(=O)OC14CC5CC(CC(O)(C5)C1)C4)(C3)C2.[B][B]B(B([B])[B])B(B(B([B])[B])B([B])[B])B(B([B])[B])B([B])[B].c1ccc([I+]c2ccccc2)cc1.c1ccc([I+]c2ccccc2)cc1. The highest BCUT2D eigenvalue weighted by molar-refractivity contribution is 8.20. The van der Waals surface area contributed by atoms with E-state index in [2.05, 4.69) is 128 Å². The Bertz CT molecular complexity index is 3730. The number of carboxylic acids is 1. The number of benzene rings is 4. The van der Waals surface area contributed by atoms with Crippen LogP contribution in [-0.2, 0) is 42.9 Å². The van der Waals surface area contributed by atoms with Gasteiger partial charge in [0.1, 0.15) is 30.0 Å². The largest absolute Gasteiger partial charge is 0.477 e. The summed E-state index contributed by atoms with van der Waals surface area (Å²) in [5, 5.41) is 40.5. The number of carbonyl (C=O) groups excluding carboxylic acids is 3. The molecule has 4 aromatic carbocycles. The molecule has 8 unspecified atom stereocenters. The van der Waals surface area contributed by atoms with Crippen LogP contribution in [0.3, 0.4) is 0 Å². The van der Waals surface area contributed by atoms with Gasteiger partial charge in [-0.05, 0) is 237 Å². The molecule has 16 bridgehead atoms. The van der Waals surface area contributed by atoms with Crippen LogP contribution < -0.4 is 42.4 Å². The van der Waals surface area contributed by atoms with Gasteiger partial charge in [-0.3, -0.25) is 0 Å². The zero-order valence-corrected chi connectivity index (χ0v) is 72.9. The van der Waals surface area contributed by atoms with Crippen LogP contribution in [0.25, 0.3) is 0 Å². The zero-order valence-electron chi connectivity index (χ0n) is 68.6. The maximum atomic E-state index is 13.7. The molecule has 13 nitrogen and oxygen atoms in total. The van der Waals surface area contributed by atoms with Crippen molar-refractivity contribution in [3.8, 4) is 0 Å². The summed E-state index contributed by atoms with van der Waals surface area (Å²) in [6.45, 7) is 4.82. The summed E-state index contributed by atoms with van der Waals surface area (Å²) in [7, 11) is 64.8. The van der Waals surface area contributed by atoms with Crippen molar-refractivity contribution in [2.24, 2.45) is 59.2 Å². The molecule has 40 heteroatoms. The molecule has 4 N–H and O–H groups in total. The van der Waals surface area contributed by atoms with Crippen molar-refractivity contribution < 1.29 is 123 Å². The summed E-state index contributed by atoms with van der Waals surface area (Å²) in [4.78, 5) is 47.2. The number of hydrogen-bond acceptors (Lipinski definition) is 12. The van der Waals surface area contributed by atoms with Crippen molar-refractivity contribution in [2.45, 2.75) is 238 Å². The molecule has 0 saturated heterocycles. The second-order valence-electron chi connectivity index (χ2n) is 37.2. The molecule has 591 valence electrons. The Hall–Kier alpha value is -2.90. The summed E-state index contributed by atoms with van der Waals surface area (Å²) in [6, 6.07) is 42.8. The molecule has 20 rings (SSSR count). The van der Waals surface area contributed by atoms with E-state index in [9.17, 15) is 52.1 Å². The number of hydrogen-bond donors (Lipinski definition) is 4. The number of carbonyl (C=O) groups is 4. The molecule has 0 aromatic heterocycles. The molecular weight excluding hydrogens is 1700 g/mol. The van der Waals surface area contributed by atoms with Gasteiger partial charge in [0.05, 0.1) is 28.0 Å². The van der Waals surface area contributed by atoms with Gasteiger partial charge < -0.3 is 44.1 Å². The van der Waals surface area contributed by atoms with E-state index < -0.39 is 120 Å². The molecule has 16 saturated carbocycles. The van der Waals surface area contributed by atoms with Crippen LogP contribution in [0, 0.1) is 73.5 Å². The number of aliphatic carboxylic acids is 1. The van der Waals surface area contributed by atoms with Gasteiger partial charge in [0, 0.05) is 188 Å². The van der Waals surface area contributed by atoms with Crippen molar-refractivity contribution in [3.05, 3.63) is 136 Å². The first kappa shape index (κ1) is 95.8. The third-order valence-corrected chi connectivity index (χ3v) is 33.3. The summed E-state index contributed by atoms with van der Waals surface area (Å²) in [5.74, 6) is -7.83. The molecule has 0 aliphatic heterocycles. The van der Waals surface area contributed by atoms with Crippen LogP contribution in [0.1, 0.15) is 182 Å². The first-order valence-electron chi connectivity index (χ1n) is 42.2. The third kappa shape index (κ3) is 23.5. The van der Waals surface area contributed by atoms with Crippen LogP contribution in [0.4, 0.5) is 17.6 Å². The maximum absolute atomic E-state index is 13.7. The molecule has 0 spiro atoms. The molecule has 16 aliphatic carbocycles. The second kappa shape index (κ2) is 39.6. The molecule has 16 fully saturated rings. The molecule has 23 radical (unpaired) electrons.